The van der Waals surface area contributed by atoms with Crippen LogP contribution in [0.1, 0.15) is 39.0 Å². The van der Waals surface area contributed by atoms with Crippen LogP contribution >= 0.6 is 27.7 Å². The minimum absolute atomic E-state index is 0.346. The number of aromatic nitrogens is 1. The van der Waals surface area contributed by atoms with Gasteiger partial charge in [-0.2, -0.15) is 5.26 Å². The lowest BCUT2D eigenvalue weighted by Crippen LogP contribution is -2.42. The van der Waals surface area contributed by atoms with Crippen LogP contribution in [0.4, 0.5) is 0 Å². The molecule has 2 rings (SSSR count). The van der Waals surface area contributed by atoms with Gasteiger partial charge in [-0.1, -0.05) is 0 Å². The van der Waals surface area contributed by atoms with Crippen LogP contribution in [0.15, 0.2) is 27.8 Å². The Labute approximate surface area is 133 Å². The van der Waals surface area contributed by atoms with Gasteiger partial charge in [0.25, 0.3) is 0 Å². The van der Waals surface area contributed by atoms with Gasteiger partial charge in [0.2, 0.25) is 0 Å². The second-order valence-electron chi connectivity index (χ2n) is 5.48. The van der Waals surface area contributed by atoms with E-state index in [9.17, 15) is 5.26 Å². The topological polar surface area (TPSA) is 48.7 Å². The molecule has 3 nitrogen and oxygen atoms in total. The van der Waals surface area contributed by atoms with Crippen molar-refractivity contribution < 1.29 is 0 Å². The lowest BCUT2D eigenvalue weighted by molar-refractivity contribution is 0.402. The van der Waals surface area contributed by atoms with Crippen LogP contribution in [0.3, 0.4) is 0 Å². The molecule has 1 aromatic heterocycles. The summed E-state index contributed by atoms with van der Waals surface area (Å²) in [6, 6.07) is 7.06. The first kappa shape index (κ1) is 15.8. The predicted molar refractivity (Wildman–Crippen MR) is 86.7 cm³/mol. The standard InChI is InChI=1S/C15H20BrN3S/c1-15(11-17,19-13-5-6-13)8-2-3-9-20-14-7-4-12(16)10-18-14/h4,7,10,13,19H,2-3,5-6,8-9H2,1H3. The van der Waals surface area contributed by atoms with Gasteiger partial charge in [-0.05, 0) is 72.8 Å². The molecule has 1 aromatic rings. The monoisotopic (exact) mass is 353 g/mol. The third-order valence-electron chi connectivity index (χ3n) is 3.37. The van der Waals surface area contributed by atoms with Crippen LogP contribution < -0.4 is 5.32 Å². The van der Waals surface area contributed by atoms with E-state index in [0.29, 0.717) is 6.04 Å². The number of nitriles is 1. The normalized spacial score (nSPS) is 17.4. The van der Waals surface area contributed by atoms with E-state index >= 15 is 0 Å². The summed E-state index contributed by atoms with van der Waals surface area (Å²) in [5.74, 6) is 1.06. The second-order valence-corrected chi connectivity index (χ2v) is 7.51. The van der Waals surface area contributed by atoms with E-state index in [1.807, 2.05) is 25.3 Å². The van der Waals surface area contributed by atoms with Gasteiger partial charge in [0.1, 0.15) is 5.54 Å². The van der Waals surface area contributed by atoms with Crippen LogP contribution in [0, 0.1) is 11.3 Å². The molecule has 0 spiro atoms. The van der Waals surface area contributed by atoms with Crippen molar-refractivity contribution in [2.24, 2.45) is 0 Å². The first-order valence-electron chi connectivity index (χ1n) is 7.05. The fourth-order valence-corrected chi connectivity index (χ4v) is 3.13. The summed E-state index contributed by atoms with van der Waals surface area (Å²) >= 11 is 5.16. The second kappa shape index (κ2) is 7.44. The summed E-state index contributed by atoms with van der Waals surface area (Å²) in [4.78, 5) is 4.34. The zero-order chi connectivity index (χ0) is 14.4. The Balaban J connectivity index is 1.63. The summed E-state index contributed by atoms with van der Waals surface area (Å²) in [5, 5.41) is 13.8. The Morgan fingerprint density at radius 1 is 1.50 bits per heavy atom. The summed E-state index contributed by atoms with van der Waals surface area (Å²) in [6.45, 7) is 2.02. The van der Waals surface area contributed by atoms with Gasteiger partial charge in [-0.3, -0.25) is 5.32 Å². The molecular formula is C15H20BrN3S. The van der Waals surface area contributed by atoms with Crippen molar-refractivity contribution in [1.29, 1.82) is 5.26 Å². The van der Waals surface area contributed by atoms with E-state index in [0.717, 1.165) is 34.5 Å². The molecule has 1 aliphatic rings. The third kappa shape index (κ3) is 5.43. The van der Waals surface area contributed by atoms with Crippen molar-refractivity contribution in [3.63, 3.8) is 0 Å². The Bertz CT molecular complexity index is 467. The largest absolute Gasteiger partial charge is 0.297 e. The van der Waals surface area contributed by atoms with Crippen molar-refractivity contribution in [3.05, 3.63) is 22.8 Å². The van der Waals surface area contributed by atoms with Gasteiger partial charge >= 0.3 is 0 Å². The zero-order valence-electron chi connectivity index (χ0n) is 11.7. The molecule has 5 heteroatoms. The Morgan fingerprint density at radius 2 is 2.30 bits per heavy atom. The molecule has 1 unspecified atom stereocenters. The molecule has 0 aliphatic heterocycles. The van der Waals surface area contributed by atoms with Crippen LogP contribution in [-0.2, 0) is 0 Å². The quantitative estimate of drug-likeness (QED) is 0.563. The highest BCUT2D eigenvalue weighted by Crippen LogP contribution is 2.25. The Kier molecular flexibility index (Phi) is 5.88. The van der Waals surface area contributed by atoms with Crippen LogP contribution in [0.25, 0.3) is 0 Å². The molecule has 1 N–H and O–H groups in total. The third-order valence-corrected chi connectivity index (χ3v) is 4.87. The highest BCUT2D eigenvalue weighted by molar-refractivity contribution is 9.10. The van der Waals surface area contributed by atoms with Crippen molar-refractivity contribution >= 4 is 27.7 Å². The average molecular weight is 354 g/mol. The first-order valence-corrected chi connectivity index (χ1v) is 8.82. The first-order chi connectivity index (χ1) is 9.61. The number of rotatable bonds is 8. The molecule has 0 bridgehead atoms. The summed E-state index contributed by atoms with van der Waals surface area (Å²) in [6.07, 6.45) is 7.40. The number of hydrogen-bond acceptors (Lipinski definition) is 4. The summed E-state index contributed by atoms with van der Waals surface area (Å²) < 4.78 is 1.01. The summed E-state index contributed by atoms with van der Waals surface area (Å²) in [7, 11) is 0. The zero-order valence-corrected chi connectivity index (χ0v) is 14.1. The molecule has 0 aromatic carbocycles. The van der Waals surface area contributed by atoms with Gasteiger partial charge in [0.05, 0.1) is 11.1 Å². The van der Waals surface area contributed by atoms with Crippen LogP contribution in [0.2, 0.25) is 0 Å². The lowest BCUT2D eigenvalue weighted by atomic mass is 9.96. The van der Waals surface area contributed by atoms with Gasteiger partial charge in [-0.25, -0.2) is 4.98 Å². The van der Waals surface area contributed by atoms with E-state index in [1.54, 1.807) is 11.8 Å². The fraction of sp³-hybridized carbons (Fsp3) is 0.600. The highest BCUT2D eigenvalue weighted by Gasteiger charge is 2.31. The van der Waals surface area contributed by atoms with Gasteiger partial charge < -0.3 is 0 Å². The summed E-state index contributed by atoms with van der Waals surface area (Å²) in [5.41, 5.74) is -0.346. The fourth-order valence-electron chi connectivity index (χ4n) is 2.04. The number of halogens is 1. The maximum Gasteiger partial charge on any atom is 0.104 e. The van der Waals surface area contributed by atoms with Gasteiger partial charge in [-0.15, -0.1) is 11.8 Å². The number of nitrogens with one attached hydrogen (secondary N) is 1. The van der Waals surface area contributed by atoms with Crippen LogP contribution in [0.5, 0.6) is 0 Å². The van der Waals surface area contributed by atoms with Gasteiger partial charge in [0, 0.05) is 16.7 Å². The molecule has 1 atom stereocenters. The molecule has 1 aliphatic carbocycles. The van der Waals surface area contributed by atoms with E-state index in [1.165, 1.54) is 12.8 Å². The number of unbranched alkanes of at least 4 members (excludes halogenated alkanes) is 1. The van der Waals surface area contributed by atoms with E-state index in [2.05, 4.69) is 32.3 Å². The van der Waals surface area contributed by atoms with Crippen LogP contribution in [-0.4, -0.2) is 22.3 Å². The maximum absolute atomic E-state index is 9.29. The average Bonchev–Trinajstić information content (AvgIpc) is 3.24. The molecule has 0 radical (unpaired) electrons. The van der Waals surface area contributed by atoms with Crippen molar-refractivity contribution in [1.82, 2.24) is 10.3 Å². The SMILES string of the molecule is CC(C#N)(CCCCSc1ccc(Br)cn1)NC1CC1. The highest BCUT2D eigenvalue weighted by atomic mass is 79.9. The molecule has 0 saturated heterocycles. The molecule has 108 valence electrons. The van der Waals surface area contributed by atoms with Crippen molar-refractivity contribution in [2.75, 3.05) is 5.75 Å². The van der Waals surface area contributed by atoms with Gasteiger partial charge in [0.15, 0.2) is 0 Å². The predicted octanol–water partition coefficient (Wildman–Crippen LogP) is 4.14. The minimum Gasteiger partial charge on any atom is -0.297 e. The minimum atomic E-state index is -0.346. The molecular weight excluding hydrogens is 334 g/mol. The number of nitrogens with zero attached hydrogens (tertiary/aromatic N) is 2. The Morgan fingerprint density at radius 3 is 2.90 bits per heavy atom. The lowest BCUT2D eigenvalue weighted by Gasteiger charge is -2.23. The van der Waals surface area contributed by atoms with Crippen molar-refractivity contribution in [3.8, 4) is 6.07 Å². The molecule has 1 fully saturated rings. The Hall–Kier alpha value is -0.570. The van der Waals surface area contributed by atoms with E-state index in [4.69, 9.17) is 0 Å². The smallest absolute Gasteiger partial charge is 0.104 e. The molecule has 1 saturated carbocycles. The number of hydrogen-bond donors (Lipinski definition) is 1. The maximum atomic E-state index is 9.29. The molecule has 1 heterocycles. The van der Waals surface area contributed by atoms with E-state index < -0.39 is 0 Å². The number of thioether (sulfide) groups is 1. The van der Waals surface area contributed by atoms with E-state index in [-0.39, 0.29) is 5.54 Å². The molecule has 0 amide bonds. The van der Waals surface area contributed by atoms with Crippen molar-refractivity contribution in [2.45, 2.75) is 55.6 Å². The number of pyridine rings is 1. The molecule has 20 heavy (non-hydrogen) atoms.